The van der Waals surface area contributed by atoms with Crippen molar-refractivity contribution in [3.63, 3.8) is 0 Å². The first-order valence-corrected chi connectivity index (χ1v) is 14.1. The number of furan rings is 1. The fraction of sp³-hybridized carbons (Fsp3) is 0.571. The van der Waals surface area contributed by atoms with E-state index in [-0.39, 0.29) is 30.6 Å². The molecule has 0 aliphatic carbocycles. The molecule has 8 heteroatoms. The molecule has 2 N–H and O–H groups in total. The zero-order chi connectivity index (χ0) is 25.6. The van der Waals surface area contributed by atoms with Crippen LogP contribution in [0.25, 0.3) is 0 Å². The Morgan fingerprint density at radius 1 is 1.14 bits per heavy atom. The van der Waals surface area contributed by atoms with Crippen LogP contribution in [0.1, 0.15) is 50.9 Å². The van der Waals surface area contributed by atoms with E-state index in [1.165, 1.54) is 0 Å². The van der Waals surface area contributed by atoms with Crippen molar-refractivity contribution < 1.29 is 23.5 Å². The van der Waals surface area contributed by atoms with Crippen LogP contribution in [0.3, 0.4) is 0 Å². The van der Waals surface area contributed by atoms with Gasteiger partial charge in [-0.1, -0.05) is 44.2 Å². The lowest BCUT2D eigenvalue weighted by Crippen LogP contribution is -2.49. The molecule has 1 aromatic carbocycles. The summed E-state index contributed by atoms with van der Waals surface area (Å²) in [7, 11) is 0. The van der Waals surface area contributed by atoms with Crippen LogP contribution in [0.15, 0.2) is 53.1 Å². The average molecular weight is 517 g/mol. The molecular weight excluding hydrogens is 476 g/mol. The Morgan fingerprint density at radius 3 is 2.67 bits per heavy atom. The Labute approximate surface area is 219 Å². The molecule has 7 nitrogen and oxygen atoms in total. The van der Waals surface area contributed by atoms with Gasteiger partial charge in [0.05, 0.1) is 29.9 Å². The molecule has 1 aliphatic rings. The summed E-state index contributed by atoms with van der Waals surface area (Å²) in [5, 5.41) is 6.45. The molecule has 3 unspecified atom stereocenters. The molecule has 1 saturated heterocycles. The van der Waals surface area contributed by atoms with Crippen molar-refractivity contribution in [3.8, 4) is 0 Å². The summed E-state index contributed by atoms with van der Waals surface area (Å²) in [6, 6.07) is 13.3. The predicted octanol–water partition coefficient (Wildman–Crippen LogP) is 4.99. The van der Waals surface area contributed by atoms with E-state index in [1.54, 1.807) is 18.0 Å². The summed E-state index contributed by atoms with van der Waals surface area (Å²) >= 11 is 1.55. The number of Topliss-reactive ketones (excluding diaryl/α,β-unsaturated/α-hetero) is 1. The molecule has 2 heterocycles. The topological polar surface area (TPSA) is 89.8 Å². The van der Waals surface area contributed by atoms with Gasteiger partial charge in [0.2, 0.25) is 0 Å². The SMILES string of the molecule is CC(C)CC(CNC(Cc1ccccc1)C(=O)CSCc1ccco1)NC(=O)OCC1CCCCO1. The number of nitrogens with one attached hydrogen (secondary N) is 2. The van der Waals surface area contributed by atoms with Crippen LogP contribution >= 0.6 is 11.8 Å². The van der Waals surface area contributed by atoms with E-state index in [4.69, 9.17) is 13.9 Å². The molecule has 2 aromatic rings. The first-order chi connectivity index (χ1) is 17.5. The number of alkyl carbamates (subject to hydrolysis) is 1. The number of ketones is 1. The molecule has 36 heavy (non-hydrogen) atoms. The first kappa shape index (κ1) is 28.3. The van der Waals surface area contributed by atoms with Crippen molar-refractivity contribution >= 4 is 23.6 Å². The molecule has 1 amide bonds. The van der Waals surface area contributed by atoms with E-state index in [0.717, 1.165) is 43.6 Å². The molecule has 3 atom stereocenters. The van der Waals surface area contributed by atoms with Gasteiger partial charge in [0.25, 0.3) is 0 Å². The van der Waals surface area contributed by atoms with Gasteiger partial charge < -0.3 is 24.5 Å². The molecule has 0 saturated carbocycles. The summed E-state index contributed by atoms with van der Waals surface area (Å²) in [6.07, 6.45) is 5.66. The van der Waals surface area contributed by atoms with E-state index in [9.17, 15) is 9.59 Å². The van der Waals surface area contributed by atoms with Gasteiger partial charge in [-0.25, -0.2) is 4.79 Å². The van der Waals surface area contributed by atoms with Crippen LogP contribution in [-0.2, 0) is 26.4 Å². The smallest absolute Gasteiger partial charge is 0.407 e. The third kappa shape index (κ3) is 10.8. The van der Waals surface area contributed by atoms with Gasteiger partial charge in [0.1, 0.15) is 12.4 Å². The minimum atomic E-state index is -0.434. The lowest BCUT2D eigenvalue weighted by atomic mass is 10.0. The minimum absolute atomic E-state index is 0.0160. The molecule has 1 fully saturated rings. The van der Waals surface area contributed by atoms with Crippen LogP contribution in [0.2, 0.25) is 0 Å². The van der Waals surface area contributed by atoms with E-state index in [0.29, 0.717) is 30.4 Å². The number of rotatable bonds is 15. The highest BCUT2D eigenvalue weighted by atomic mass is 32.2. The van der Waals surface area contributed by atoms with E-state index < -0.39 is 6.09 Å². The van der Waals surface area contributed by atoms with Gasteiger partial charge in [0.15, 0.2) is 5.78 Å². The quantitative estimate of drug-likeness (QED) is 0.345. The lowest BCUT2D eigenvalue weighted by Gasteiger charge is -2.26. The Morgan fingerprint density at radius 2 is 1.97 bits per heavy atom. The van der Waals surface area contributed by atoms with Crippen LogP contribution in [0.5, 0.6) is 0 Å². The Kier molecular flexibility index (Phi) is 12.4. The molecule has 198 valence electrons. The maximum absolute atomic E-state index is 13.2. The number of benzene rings is 1. The summed E-state index contributed by atoms with van der Waals surface area (Å²) in [6.45, 7) is 5.72. The average Bonchev–Trinajstić information content (AvgIpc) is 3.39. The van der Waals surface area contributed by atoms with Gasteiger partial charge in [-0.05, 0) is 55.7 Å². The van der Waals surface area contributed by atoms with Crippen LogP contribution in [0.4, 0.5) is 4.79 Å². The second-order valence-electron chi connectivity index (χ2n) is 9.75. The van der Waals surface area contributed by atoms with Crippen LogP contribution < -0.4 is 10.6 Å². The maximum Gasteiger partial charge on any atom is 0.407 e. The highest BCUT2D eigenvalue weighted by Gasteiger charge is 2.23. The molecular formula is C28H40N2O5S. The normalized spacial score (nSPS) is 17.5. The highest BCUT2D eigenvalue weighted by Crippen LogP contribution is 2.15. The third-order valence-corrected chi connectivity index (χ3v) is 7.08. The second-order valence-corrected chi connectivity index (χ2v) is 10.7. The number of hydrogen-bond donors (Lipinski definition) is 2. The van der Waals surface area contributed by atoms with Gasteiger partial charge in [0, 0.05) is 19.2 Å². The summed E-state index contributed by atoms with van der Waals surface area (Å²) in [4.78, 5) is 25.7. The van der Waals surface area contributed by atoms with E-state index in [2.05, 4.69) is 24.5 Å². The van der Waals surface area contributed by atoms with Crippen LogP contribution in [0, 0.1) is 5.92 Å². The number of ether oxygens (including phenoxy) is 2. The van der Waals surface area contributed by atoms with Crippen molar-refractivity contribution in [1.29, 1.82) is 0 Å². The monoisotopic (exact) mass is 516 g/mol. The summed E-state index contributed by atoms with van der Waals surface area (Å²) in [5.41, 5.74) is 1.10. The molecule has 1 aromatic heterocycles. The predicted molar refractivity (Wildman–Crippen MR) is 143 cm³/mol. The Balaban J connectivity index is 1.53. The summed E-state index contributed by atoms with van der Waals surface area (Å²) in [5.74, 6) is 2.42. The van der Waals surface area contributed by atoms with Crippen molar-refractivity contribution in [1.82, 2.24) is 10.6 Å². The number of amides is 1. The maximum atomic E-state index is 13.2. The minimum Gasteiger partial charge on any atom is -0.468 e. The largest absolute Gasteiger partial charge is 0.468 e. The Bertz CT molecular complexity index is 885. The van der Waals surface area contributed by atoms with Crippen molar-refractivity contribution in [2.45, 2.75) is 69.9 Å². The van der Waals surface area contributed by atoms with Gasteiger partial charge in [-0.3, -0.25) is 4.79 Å². The second kappa shape index (κ2) is 15.7. The zero-order valence-electron chi connectivity index (χ0n) is 21.4. The number of carbonyl (C=O) groups excluding carboxylic acids is 2. The first-order valence-electron chi connectivity index (χ1n) is 12.9. The Hall–Kier alpha value is -2.29. The van der Waals surface area contributed by atoms with Crippen molar-refractivity contribution in [3.05, 3.63) is 60.1 Å². The lowest BCUT2D eigenvalue weighted by molar-refractivity contribution is -0.118. The fourth-order valence-electron chi connectivity index (χ4n) is 4.26. The van der Waals surface area contributed by atoms with E-state index >= 15 is 0 Å². The number of carbonyl (C=O) groups is 2. The van der Waals surface area contributed by atoms with Gasteiger partial charge in [-0.15, -0.1) is 11.8 Å². The molecule has 1 aliphatic heterocycles. The standard InChI is InChI=1S/C28H40N2O5S/c1-21(2)15-23(30-28(32)35-18-24-11-6-7-13-33-24)17-29-26(16-22-9-4-3-5-10-22)27(31)20-36-19-25-12-8-14-34-25/h3-5,8-10,12,14,21,23-24,26,29H,6-7,11,13,15-20H2,1-2H3,(H,30,32). The number of hydrogen-bond acceptors (Lipinski definition) is 7. The zero-order valence-corrected chi connectivity index (χ0v) is 22.3. The molecule has 3 rings (SSSR count). The van der Waals surface area contributed by atoms with Crippen molar-refractivity contribution in [2.24, 2.45) is 5.92 Å². The molecule has 0 spiro atoms. The van der Waals surface area contributed by atoms with Crippen molar-refractivity contribution in [2.75, 3.05) is 25.5 Å². The molecule has 0 radical (unpaired) electrons. The summed E-state index contributed by atoms with van der Waals surface area (Å²) < 4.78 is 16.5. The van der Waals surface area contributed by atoms with E-state index in [1.807, 2.05) is 42.5 Å². The highest BCUT2D eigenvalue weighted by molar-refractivity contribution is 7.99. The molecule has 0 bridgehead atoms. The van der Waals surface area contributed by atoms with Crippen LogP contribution in [-0.4, -0.2) is 55.6 Å². The van der Waals surface area contributed by atoms with Gasteiger partial charge >= 0.3 is 6.09 Å². The number of thioether (sulfide) groups is 1. The fourth-order valence-corrected chi connectivity index (χ4v) is 5.13. The third-order valence-electron chi connectivity index (χ3n) is 6.10. The van der Waals surface area contributed by atoms with Gasteiger partial charge in [-0.2, -0.15) is 0 Å².